The van der Waals surface area contributed by atoms with Gasteiger partial charge in [-0.2, -0.15) is 0 Å². The molecule has 1 aromatic rings. The largest absolute Gasteiger partial charge is 0.468 e. The Morgan fingerprint density at radius 1 is 1.65 bits per heavy atom. The molecule has 0 saturated carbocycles. The van der Waals surface area contributed by atoms with E-state index in [1.54, 1.807) is 0 Å². The molecule has 0 amide bonds. The van der Waals surface area contributed by atoms with E-state index in [4.69, 9.17) is 17.3 Å². The molecular formula is C10H11ClN2O4. The molecule has 0 aliphatic heterocycles. The zero-order valence-corrected chi connectivity index (χ0v) is 9.81. The minimum absolute atomic E-state index is 0.0279. The summed E-state index contributed by atoms with van der Waals surface area (Å²) in [5, 5.41) is 11.0. The Labute approximate surface area is 102 Å². The average molecular weight is 259 g/mol. The SMILES string of the molecule is COC(=O)[C@H](N)Cc1ccc(Cl)cc1[N+](=O)[O-]. The zero-order valence-electron chi connectivity index (χ0n) is 9.05. The Morgan fingerprint density at radius 2 is 2.29 bits per heavy atom. The number of hydrogen-bond acceptors (Lipinski definition) is 5. The fraction of sp³-hybridized carbons (Fsp3) is 0.300. The van der Waals surface area contributed by atoms with E-state index in [0.717, 1.165) is 0 Å². The van der Waals surface area contributed by atoms with Gasteiger partial charge in [0.2, 0.25) is 0 Å². The molecular weight excluding hydrogens is 248 g/mol. The summed E-state index contributed by atoms with van der Waals surface area (Å²) in [5.41, 5.74) is 5.73. The molecule has 0 bridgehead atoms. The molecule has 0 radical (unpaired) electrons. The molecule has 0 aromatic heterocycles. The van der Waals surface area contributed by atoms with Crippen molar-refractivity contribution in [1.82, 2.24) is 0 Å². The Balaban J connectivity index is 2.98. The number of esters is 1. The molecule has 92 valence electrons. The Morgan fingerprint density at radius 3 is 2.82 bits per heavy atom. The van der Waals surface area contributed by atoms with Gasteiger partial charge in [-0.15, -0.1) is 0 Å². The van der Waals surface area contributed by atoms with Gasteiger partial charge in [0.25, 0.3) is 5.69 Å². The second-order valence-electron chi connectivity index (χ2n) is 3.36. The molecule has 1 rings (SSSR count). The van der Waals surface area contributed by atoms with E-state index in [1.807, 2.05) is 0 Å². The highest BCUT2D eigenvalue weighted by Crippen LogP contribution is 2.24. The lowest BCUT2D eigenvalue weighted by molar-refractivity contribution is -0.385. The topological polar surface area (TPSA) is 95.5 Å². The van der Waals surface area contributed by atoms with Crippen LogP contribution in [-0.4, -0.2) is 24.0 Å². The zero-order chi connectivity index (χ0) is 13.0. The molecule has 0 spiro atoms. The number of hydrogen-bond donors (Lipinski definition) is 1. The number of ether oxygens (including phenoxy) is 1. The molecule has 6 nitrogen and oxygen atoms in total. The van der Waals surface area contributed by atoms with Crippen LogP contribution < -0.4 is 5.73 Å². The number of carbonyl (C=O) groups excluding carboxylic acids is 1. The number of carbonyl (C=O) groups is 1. The van der Waals surface area contributed by atoms with Crippen molar-refractivity contribution < 1.29 is 14.5 Å². The van der Waals surface area contributed by atoms with Crippen molar-refractivity contribution >= 4 is 23.3 Å². The monoisotopic (exact) mass is 258 g/mol. The number of nitro benzene ring substituents is 1. The summed E-state index contributed by atoms with van der Waals surface area (Å²) in [4.78, 5) is 21.3. The van der Waals surface area contributed by atoms with Crippen molar-refractivity contribution in [1.29, 1.82) is 0 Å². The van der Waals surface area contributed by atoms with E-state index in [1.165, 1.54) is 25.3 Å². The first kappa shape index (κ1) is 13.4. The summed E-state index contributed by atoms with van der Waals surface area (Å²) in [6.45, 7) is 0. The van der Waals surface area contributed by atoms with E-state index < -0.39 is 16.9 Å². The van der Waals surface area contributed by atoms with Crippen molar-refractivity contribution in [2.24, 2.45) is 5.73 Å². The second-order valence-corrected chi connectivity index (χ2v) is 3.80. The van der Waals surface area contributed by atoms with Gasteiger partial charge < -0.3 is 10.5 Å². The Bertz CT molecular complexity index is 450. The highest BCUT2D eigenvalue weighted by atomic mass is 35.5. The van der Waals surface area contributed by atoms with E-state index >= 15 is 0 Å². The van der Waals surface area contributed by atoms with Crippen molar-refractivity contribution in [2.75, 3.05) is 7.11 Å². The average Bonchev–Trinajstić information content (AvgIpc) is 2.29. The number of nitro groups is 1. The second kappa shape index (κ2) is 5.60. The highest BCUT2D eigenvalue weighted by molar-refractivity contribution is 6.30. The van der Waals surface area contributed by atoms with Gasteiger partial charge >= 0.3 is 5.97 Å². The van der Waals surface area contributed by atoms with Gasteiger partial charge in [-0.25, -0.2) is 0 Å². The van der Waals surface area contributed by atoms with Gasteiger partial charge in [0.15, 0.2) is 0 Å². The van der Waals surface area contributed by atoms with Crippen molar-refractivity contribution in [3.05, 3.63) is 38.9 Å². The minimum Gasteiger partial charge on any atom is -0.468 e. The van der Waals surface area contributed by atoms with E-state index in [9.17, 15) is 14.9 Å². The van der Waals surface area contributed by atoms with Crippen LogP contribution in [0.2, 0.25) is 5.02 Å². The molecule has 2 N–H and O–H groups in total. The first-order chi connectivity index (χ1) is 7.95. The predicted octanol–water partition coefficient (Wildman–Crippen LogP) is 1.29. The third-order valence-corrected chi connectivity index (χ3v) is 2.42. The number of halogens is 1. The van der Waals surface area contributed by atoms with E-state index in [0.29, 0.717) is 5.56 Å². The van der Waals surface area contributed by atoms with Crippen LogP contribution >= 0.6 is 11.6 Å². The summed E-state index contributed by atoms with van der Waals surface area (Å²) in [5.74, 6) is -0.616. The van der Waals surface area contributed by atoms with Crippen molar-refractivity contribution in [3.8, 4) is 0 Å². The predicted molar refractivity (Wildman–Crippen MR) is 61.8 cm³/mol. The van der Waals surface area contributed by atoms with Crippen LogP contribution in [0.5, 0.6) is 0 Å². The summed E-state index contributed by atoms with van der Waals surface area (Å²) in [7, 11) is 1.21. The summed E-state index contributed by atoms with van der Waals surface area (Å²) in [6, 6.07) is 3.28. The molecule has 0 heterocycles. The normalized spacial score (nSPS) is 11.9. The number of nitrogens with two attached hydrogens (primary N) is 1. The maximum atomic E-state index is 11.1. The van der Waals surface area contributed by atoms with Crippen LogP contribution in [0.4, 0.5) is 5.69 Å². The minimum atomic E-state index is -0.931. The standard InChI is InChI=1S/C10H11ClN2O4/c1-17-10(14)8(12)4-6-2-3-7(11)5-9(6)13(15)16/h2-3,5,8H,4,12H2,1H3/t8-/m1/s1. The van der Waals surface area contributed by atoms with Crippen LogP contribution in [0.3, 0.4) is 0 Å². The van der Waals surface area contributed by atoms with E-state index in [2.05, 4.69) is 4.74 Å². The number of benzene rings is 1. The third-order valence-electron chi connectivity index (χ3n) is 2.19. The first-order valence-corrected chi connectivity index (χ1v) is 5.09. The lowest BCUT2D eigenvalue weighted by atomic mass is 10.0. The van der Waals surface area contributed by atoms with Gasteiger partial charge in [0.1, 0.15) is 6.04 Å². The van der Waals surface area contributed by atoms with Gasteiger partial charge in [-0.05, 0) is 6.07 Å². The van der Waals surface area contributed by atoms with Crippen molar-refractivity contribution in [3.63, 3.8) is 0 Å². The molecule has 1 atom stereocenters. The molecule has 7 heteroatoms. The summed E-state index contributed by atoms with van der Waals surface area (Å²) < 4.78 is 4.45. The molecule has 0 fully saturated rings. The molecule has 0 aliphatic rings. The van der Waals surface area contributed by atoms with E-state index in [-0.39, 0.29) is 17.1 Å². The molecule has 0 unspecified atom stereocenters. The molecule has 0 aliphatic carbocycles. The maximum absolute atomic E-state index is 11.1. The van der Waals surface area contributed by atoms with Crippen LogP contribution in [-0.2, 0) is 16.0 Å². The number of nitrogens with zero attached hydrogens (tertiary/aromatic N) is 1. The fourth-order valence-electron chi connectivity index (χ4n) is 1.35. The highest BCUT2D eigenvalue weighted by Gasteiger charge is 2.21. The van der Waals surface area contributed by atoms with Crippen LogP contribution in [0.15, 0.2) is 18.2 Å². The van der Waals surface area contributed by atoms with Gasteiger partial charge in [-0.1, -0.05) is 17.7 Å². The Hall–Kier alpha value is -1.66. The van der Waals surface area contributed by atoms with Crippen LogP contribution in [0.25, 0.3) is 0 Å². The summed E-state index contributed by atoms with van der Waals surface area (Å²) in [6.07, 6.45) is 0.0279. The number of methoxy groups -OCH3 is 1. The Kier molecular flexibility index (Phi) is 4.42. The van der Waals surface area contributed by atoms with Crippen molar-refractivity contribution in [2.45, 2.75) is 12.5 Å². The smallest absolute Gasteiger partial charge is 0.322 e. The van der Waals surface area contributed by atoms with Crippen LogP contribution in [0, 0.1) is 10.1 Å². The van der Waals surface area contributed by atoms with Gasteiger partial charge in [0.05, 0.1) is 12.0 Å². The number of rotatable bonds is 4. The first-order valence-electron chi connectivity index (χ1n) is 4.72. The molecule has 0 saturated heterocycles. The fourth-order valence-corrected chi connectivity index (χ4v) is 1.52. The quantitative estimate of drug-likeness (QED) is 0.499. The van der Waals surface area contributed by atoms with Gasteiger partial charge in [-0.3, -0.25) is 14.9 Å². The lowest BCUT2D eigenvalue weighted by Gasteiger charge is -2.09. The van der Waals surface area contributed by atoms with Gasteiger partial charge in [0, 0.05) is 23.1 Å². The summed E-state index contributed by atoms with van der Waals surface area (Å²) >= 11 is 5.66. The molecule has 1 aromatic carbocycles. The lowest BCUT2D eigenvalue weighted by Crippen LogP contribution is -2.33. The maximum Gasteiger partial charge on any atom is 0.322 e. The molecule has 17 heavy (non-hydrogen) atoms. The third kappa shape index (κ3) is 3.40. The van der Waals surface area contributed by atoms with Crippen LogP contribution in [0.1, 0.15) is 5.56 Å².